The van der Waals surface area contributed by atoms with E-state index in [4.69, 9.17) is 0 Å². The number of nitrogens with zero attached hydrogens (tertiary/aromatic N) is 6. The van der Waals surface area contributed by atoms with E-state index in [2.05, 4.69) is 41.0 Å². The van der Waals surface area contributed by atoms with Crippen LogP contribution in [0.5, 0.6) is 0 Å². The standard InChI is InChI=1S/C18H20N8O2S2/c1-10(27)21-17-25-23-15(29-17)7-11-2-3-12(6-11)16-24-26-18(30-16)22-14(28)8-13-4-5-19-9-20-13/h4-5,9,11-12H,2-3,6-8H2,1H3,(H,21,25,27)(H,22,26,28). The van der Waals surface area contributed by atoms with Crippen molar-refractivity contribution >= 4 is 44.8 Å². The van der Waals surface area contributed by atoms with Crippen molar-refractivity contribution < 1.29 is 9.59 Å². The Morgan fingerprint density at radius 1 is 1.10 bits per heavy atom. The fourth-order valence-corrected chi connectivity index (χ4v) is 5.28. The van der Waals surface area contributed by atoms with Gasteiger partial charge in [0, 0.05) is 25.5 Å². The van der Waals surface area contributed by atoms with E-state index >= 15 is 0 Å². The highest BCUT2D eigenvalue weighted by Crippen LogP contribution is 2.41. The molecule has 30 heavy (non-hydrogen) atoms. The van der Waals surface area contributed by atoms with Crippen LogP contribution in [0.3, 0.4) is 0 Å². The summed E-state index contributed by atoms with van der Waals surface area (Å²) in [7, 11) is 0. The number of aromatic nitrogens is 6. The predicted octanol–water partition coefficient (Wildman–Crippen LogP) is 2.45. The second-order valence-electron chi connectivity index (χ2n) is 7.13. The first kappa shape index (κ1) is 20.4. The maximum absolute atomic E-state index is 12.2. The molecule has 2 amide bonds. The minimum absolute atomic E-state index is 0.144. The third-order valence-corrected chi connectivity index (χ3v) is 6.64. The zero-order chi connectivity index (χ0) is 20.9. The molecule has 2 unspecified atom stereocenters. The molecule has 3 aromatic rings. The number of nitrogens with one attached hydrogen (secondary N) is 2. The number of anilines is 2. The molecule has 2 atom stereocenters. The molecule has 0 radical (unpaired) electrons. The quantitative estimate of drug-likeness (QED) is 0.567. The van der Waals surface area contributed by atoms with Gasteiger partial charge in [0.05, 0.1) is 12.1 Å². The van der Waals surface area contributed by atoms with Crippen molar-refractivity contribution in [1.82, 2.24) is 30.4 Å². The first-order valence-electron chi connectivity index (χ1n) is 9.53. The molecule has 0 bridgehead atoms. The van der Waals surface area contributed by atoms with Gasteiger partial charge < -0.3 is 10.6 Å². The Morgan fingerprint density at radius 2 is 1.93 bits per heavy atom. The smallest absolute Gasteiger partial charge is 0.232 e. The van der Waals surface area contributed by atoms with Crippen LogP contribution in [0, 0.1) is 5.92 Å². The van der Waals surface area contributed by atoms with Crippen LogP contribution in [0.4, 0.5) is 10.3 Å². The topological polar surface area (TPSA) is 136 Å². The number of carbonyl (C=O) groups is 2. The summed E-state index contributed by atoms with van der Waals surface area (Å²) in [5.74, 6) is 0.511. The van der Waals surface area contributed by atoms with Crippen LogP contribution >= 0.6 is 22.7 Å². The van der Waals surface area contributed by atoms with Gasteiger partial charge in [0.1, 0.15) is 16.3 Å². The van der Waals surface area contributed by atoms with Crippen LogP contribution in [0.2, 0.25) is 0 Å². The van der Waals surface area contributed by atoms with E-state index in [1.165, 1.54) is 35.9 Å². The van der Waals surface area contributed by atoms with Gasteiger partial charge in [-0.05, 0) is 31.2 Å². The van der Waals surface area contributed by atoms with Crippen LogP contribution < -0.4 is 10.6 Å². The van der Waals surface area contributed by atoms with Crippen molar-refractivity contribution in [1.29, 1.82) is 0 Å². The fourth-order valence-electron chi connectivity index (χ4n) is 3.47. The number of hydrogen-bond donors (Lipinski definition) is 2. The Hall–Kier alpha value is -2.86. The lowest BCUT2D eigenvalue weighted by Crippen LogP contribution is -2.15. The van der Waals surface area contributed by atoms with E-state index in [1.54, 1.807) is 12.3 Å². The van der Waals surface area contributed by atoms with Crippen LogP contribution in [0.25, 0.3) is 0 Å². The molecule has 3 aromatic heterocycles. The van der Waals surface area contributed by atoms with Crippen LogP contribution in [0.15, 0.2) is 18.6 Å². The van der Waals surface area contributed by atoms with Gasteiger partial charge in [0.15, 0.2) is 0 Å². The van der Waals surface area contributed by atoms with Crippen molar-refractivity contribution in [3.05, 3.63) is 34.3 Å². The summed E-state index contributed by atoms with van der Waals surface area (Å²) in [5, 5.41) is 25.0. The molecule has 0 saturated heterocycles. The molecule has 1 aliphatic carbocycles. The van der Waals surface area contributed by atoms with Gasteiger partial charge >= 0.3 is 0 Å². The van der Waals surface area contributed by atoms with Crippen LogP contribution in [0.1, 0.15) is 47.8 Å². The highest BCUT2D eigenvalue weighted by Gasteiger charge is 2.29. The largest absolute Gasteiger partial charge is 0.301 e. The Bertz CT molecular complexity index is 1020. The summed E-state index contributed by atoms with van der Waals surface area (Å²) in [6, 6.07) is 1.71. The molecule has 0 aliphatic heterocycles. The highest BCUT2D eigenvalue weighted by atomic mass is 32.1. The van der Waals surface area contributed by atoms with Gasteiger partial charge in [0.2, 0.25) is 22.1 Å². The molecule has 0 spiro atoms. The normalized spacial score (nSPS) is 18.3. The second kappa shape index (κ2) is 9.30. The second-order valence-corrected chi connectivity index (χ2v) is 9.20. The van der Waals surface area contributed by atoms with E-state index in [1.807, 2.05) is 0 Å². The summed E-state index contributed by atoms with van der Waals surface area (Å²) >= 11 is 2.85. The molecule has 12 heteroatoms. The van der Waals surface area contributed by atoms with Gasteiger partial charge in [0.25, 0.3) is 0 Å². The number of amides is 2. The van der Waals surface area contributed by atoms with E-state index in [-0.39, 0.29) is 18.2 Å². The summed E-state index contributed by atoms with van der Waals surface area (Å²) in [5.41, 5.74) is 0.657. The van der Waals surface area contributed by atoms with Gasteiger partial charge in [-0.2, -0.15) is 0 Å². The summed E-state index contributed by atoms with van der Waals surface area (Å²) in [6.07, 6.45) is 7.15. The number of hydrogen-bond acceptors (Lipinski definition) is 10. The third-order valence-electron chi connectivity index (χ3n) is 4.78. The molecule has 10 nitrogen and oxygen atoms in total. The minimum Gasteiger partial charge on any atom is -0.301 e. The molecule has 4 rings (SSSR count). The van der Waals surface area contributed by atoms with Crippen molar-refractivity contribution in [3.63, 3.8) is 0 Å². The first-order valence-corrected chi connectivity index (χ1v) is 11.2. The van der Waals surface area contributed by atoms with E-state index in [0.29, 0.717) is 27.8 Å². The zero-order valence-electron chi connectivity index (χ0n) is 16.2. The zero-order valence-corrected chi connectivity index (χ0v) is 17.9. The van der Waals surface area contributed by atoms with Gasteiger partial charge in [-0.15, -0.1) is 20.4 Å². The summed E-state index contributed by atoms with van der Waals surface area (Å²) in [6.45, 7) is 1.46. The molecule has 0 aromatic carbocycles. The average molecular weight is 445 g/mol. The predicted molar refractivity (Wildman–Crippen MR) is 112 cm³/mol. The minimum atomic E-state index is -0.174. The van der Waals surface area contributed by atoms with Crippen molar-refractivity contribution in [2.24, 2.45) is 5.92 Å². The van der Waals surface area contributed by atoms with E-state index < -0.39 is 0 Å². The van der Waals surface area contributed by atoms with Crippen LogP contribution in [-0.2, 0) is 22.4 Å². The summed E-state index contributed by atoms with van der Waals surface area (Å²) < 4.78 is 0. The Kier molecular flexibility index (Phi) is 6.33. The van der Waals surface area contributed by atoms with Crippen molar-refractivity contribution in [3.8, 4) is 0 Å². The molecule has 2 N–H and O–H groups in total. The highest BCUT2D eigenvalue weighted by molar-refractivity contribution is 7.15. The van der Waals surface area contributed by atoms with Gasteiger partial charge in [-0.1, -0.05) is 22.7 Å². The van der Waals surface area contributed by atoms with Crippen LogP contribution in [-0.4, -0.2) is 42.2 Å². The monoisotopic (exact) mass is 444 g/mol. The van der Waals surface area contributed by atoms with Gasteiger partial charge in [-0.3, -0.25) is 9.59 Å². The molecule has 1 fully saturated rings. The number of rotatable bonds is 7. The van der Waals surface area contributed by atoms with E-state index in [9.17, 15) is 9.59 Å². The SMILES string of the molecule is CC(=O)Nc1nnc(CC2CCC(c3nnc(NC(=O)Cc4ccncn4)s3)C2)s1. The fraction of sp³-hybridized carbons (Fsp3) is 0.444. The average Bonchev–Trinajstić information content (AvgIpc) is 3.44. The molecule has 1 saturated carbocycles. The number of carbonyl (C=O) groups excluding carboxylic acids is 2. The maximum Gasteiger partial charge on any atom is 0.232 e. The molecule has 1 aliphatic rings. The van der Waals surface area contributed by atoms with E-state index in [0.717, 1.165) is 35.7 Å². The van der Waals surface area contributed by atoms with Crippen molar-refractivity contribution in [2.45, 2.75) is 44.9 Å². The first-order chi connectivity index (χ1) is 14.5. The lowest BCUT2D eigenvalue weighted by molar-refractivity contribution is -0.116. The maximum atomic E-state index is 12.2. The molecular weight excluding hydrogens is 424 g/mol. The molecular formula is C18H20N8O2S2. The Labute approximate surface area is 180 Å². The molecule has 3 heterocycles. The third kappa shape index (κ3) is 5.39. The van der Waals surface area contributed by atoms with Gasteiger partial charge in [-0.25, -0.2) is 9.97 Å². The summed E-state index contributed by atoms with van der Waals surface area (Å²) in [4.78, 5) is 31.2. The molecule has 156 valence electrons. The Morgan fingerprint density at radius 3 is 2.73 bits per heavy atom. The lowest BCUT2D eigenvalue weighted by Gasteiger charge is -2.06. The lowest BCUT2D eigenvalue weighted by atomic mass is 10.0. The Balaban J connectivity index is 1.28. The van der Waals surface area contributed by atoms with Crippen molar-refractivity contribution in [2.75, 3.05) is 10.6 Å².